The summed E-state index contributed by atoms with van der Waals surface area (Å²) in [5.74, 6) is 0. The Labute approximate surface area is 102 Å². The molecule has 0 amide bonds. The topological polar surface area (TPSA) is 40.2 Å². The SMILES string of the molecule is Nc1[nH+]cc(Cc2cccc(Cl)c2Cl)s1. The van der Waals surface area contributed by atoms with Gasteiger partial charge in [0.25, 0.3) is 0 Å². The number of halogens is 2. The average Bonchev–Trinajstić information content (AvgIpc) is 2.59. The minimum atomic E-state index is 0.586. The van der Waals surface area contributed by atoms with E-state index in [9.17, 15) is 0 Å². The van der Waals surface area contributed by atoms with Crippen LogP contribution in [0.5, 0.6) is 0 Å². The van der Waals surface area contributed by atoms with E-state index in [1.807, 2.05) is 18.3 Å². The quantitative estimate of drug-likeness (QED) is 0.885. The van der Waals surface area contributed by atoms with Gasteiger partial charge in [-0.15, -0.1) is 0 Å². The van der Waals surface area contributed by atoms with Crippen LogP contribution in [0.15, 0.2) is 24.4 Å². The number of benzene rings is 1. The van der Waals surface area contributed by atoms with E-state index in [0.717, 1.165) is 16.9 Å². The molecule has 0 spiro atoms. The molecule has 2 rings (SSSR count). The van der Waals surface area contributed by atoms with E-state index < -0.39 is 0 Å². The van der Waals surface area contributed by atoms with Crippen molar-refractivity contribution in [3.63, 3.8) is 0 Å². The second-order valence-corrected chi connectivity index (χ2v) is 5.06. The van der Waals surface area contributed by atoms with Crippen LogP contribution >= 0.6 is 34.5 Å². The van der Waals surface area contributed by atoms with Gasteiger partial charge in [-0.05, 0) is 11.6 Å². The zero-order valence-electron chi connectivity index (χ0n) is 7.76. The van der Waals surface area contributed by atoms with Gasteiger partial charge >= 0.3 is 5.13 Å². The maximum atomic E-state index is 6.08. The Morgan fingerprint density at radius 1 is 1.33 bits per heavy atom. The van der Waals surface area contributed by atoms with E-state index in [-0.39, 0.29) is 0 Å². The van der Waals surface area contributed by atoms with Gasteiger partial charge in [0.1, 0.15) is 6.20 Å². The zero-order valence-corrected chi connectivity index (χ0v) is 10.1. The van der Waals surface area contributed by atoms with Crippen molar-refractivity contribution in [3.05, 3.63) is 44.9 Å². The summed E-state index contributed by atoms with van der Waals surface area (Å²) in [6.45, 7) is 0. The molecule has 2 aromatic rings. The van der Waals surface area contributed by atoms with E-state index in [0.29, 0.717) is 15.2 Å². The lowest BCUT2D eigenvalue weighted by atomic mass is 10.1. The molecule has 15 heavy (non-hydrogen) atoms. The van der Waals surface area contributed by atoms with Crippen molar-refractivity contribution in [1.82, 2.24) is 0 Å². The summed E-state index contributed by atoms with van der Waals surface area (Å²) in [5.41, 5.74) is 6.62. The maximum Gasteiger partial charge on any atom is 0.329 e. The summed E-state index contributed by atoms with van der Waals surface area (Å²) in [5, 5.41) is 1.90. The molecule has 0 fully saturated rings. The van der Waals surface area contributed by atoms with Gasteiger partial charge in [0.05, 0.1) is 14.9 Å². The van der Waals surface area contributed by atoms with Crippen molar-refractivity contribution in [1.29, 1.82) is 0 Å². The molecule has 0 atom stereocenters. The second-order valence-electron chi connectivity index (χ2n) is 3.11. The normalized spacial score (nSPS) is 10.5. The molecule has 1 aromatic carbocycles. The van der Waals surface area contributed by atoms with Gasteiger partial charge in [-0.2, -0.15) is 0 Å². The number of rotatable bonds is 2. The summed E-state index contributed by atoms with van der Waals surface area (Å²) in [7, 11) is 0. The molecule has 0 aliphatic carbocycles. The third kappa shape index (κ3) is 2.43. The highest BCUT2D eigenvalue weighted by molar-refractivity contribution is 7.14. The number of H-pyrrole nitrogens is 1. The van der Waals surface area contributed by atoms with Crippen LogP contribution in [-0.4, -0.2) is 0 Å². The Bertz CT molecular complexity index is 482. The first-order valence-electron chi connectivity index (χ1n) is 4.35. The van der Waals surface area contributed by atoms with Crippen LogP contribution in [0.2, 0.25) is 10.0 Å². The van der Waals surface area contributed by atoms with Crippen molar-refractivity contribution in [2.45, 2.75) is 6.42 Å². The summed E-state index contributed by atoms with van der Waals surface area (Å²) >= 11 is 13.5. The summed E-state index contributed by atoms with van der Waals surface area (Å²) in [6, 6.07) is 5.64. The number of anilines is 1. The average molecular weight is 260 g/mol. The first-order valence-corrected chi connectivity index (χ1v) is 5.93. The third-order valence-corrected chi connectivity index (χ3v) is 3.73. The summed E-state index contributed by atoms with van der Waals surface area (Å²) in [6.07, 6.45) is 2.63. The molecule has 0 aliphatic rings. The number of aromatic nitrogens is 1. The molecule has 78 valence electrons. The lowest BCUT2D eigenvalue weighted by molar-refractivity contribution is -0.354. The second kappa shape index (κ2) is 4.39. The molecule has 3 N–H and O–H groups in total. The van der Waals surface area contributed by atoms with Crippen molar-refractivity contribution >= 4 is 39.7 Å². The van der Waals surface area contributed by atoms with Crippen LogP contribution in [0.25, 0.3) is 0 Å². The number of thiazole rings is 1. The third-order valence-electron chi connectivity index (χ3n) is 2.01. The van der Waals surface area contributed by atoms with Crippen LogP contribution in [0.3, 0.4) is 0 Å². The molecule has 0 unspecified atom stereocenters. The fourth-order valence-electron chi connectivity index (χ4n) is 1.31. The number of hydrogen-bond donors (Lipinski definition) is 1. The first kappa shape index (κ1) is 10.7. The van der Waals surface area contributed by atoms with Gasteiger partial charge in [0.15, 0.2) is 0 Å². The van der Waals surface area contributed by atoms with Gasteiger partial charge < -0.3 is 0 Å². The van der Waals surface area contributed by atoms with Crippen molar-refractivity contribution < 1.29 is 4.98 Å². The number of nitrogens with two attached hydrogens (primary N) is 1. The number of aromatic amines is 1. The molecule has 1 heterocycles. The van der Waals surface area contributed by atoms with E-state index >= 15 is 0 Å². The van der Waals surface area contributed by atoms with Crippen molar-refractivity contribution in [2.75, 3.05) is 5.73 Å². The van der Waals surface area contributed by atoms with Gasteiger partial charge in [-0.3, -0.25) is 5.73 Å². The Morgan fingerprint density at radius 3 is 2.80 bits per heavy atom. The fraction of sp³-hybridized carbons (Fsp3) is 0.100. The lowest BCUT2D eigenvalue weighted by Crippen LogP contribution is -2.01. The molecule has 1 aromatic heterocycles. The van der Waals surface area contributed by atoms with Gasteiger partial charge in [-0.1, -0.05) is 46.7 Å². The van der Waals surface area contributed by atoms with Crippen LogP contribution in [0.4, 0.5) is 5.13 Å². The van der Waals surface area contributed by atoms with E-state index in [4.69, 9.17) is 28.9 Å². The first-order chi connectivity index (χ1) is 7.16. The molecule has 5 heteroatoms. The van der Waals surface area contributed by atoms with Crippen LogP contribution in [0, 0.1) is 0 Å². The Kier molecular flexibility index (Phi) is 3.14. The molecule has 0 saturated heterocycles. The van der Waals surface area contributed by atoms with Crippen LogP contribution in [0.1, 0.15) is 10.4 Å². The van der Waals surface area contributed by atoms with Gasteiger partial charge in [0, 0.05) is 6.42 Å². The summed E-state index contributed by atoms with van der Waals surface area (Å²) in [4.78, 5) is 4.08. The number of nitrogen functional groups attached to an aromatic ring is 1. The fourth-order valence-corrected chi connectivity index (χ4v) is 2.44. The summed E-state index contributed by atoms with van der Waals surface area (Å²) < 4.78 is 0. The lowest BCUT2D eigenvalue weighted by Gasteiger charge is -2.02. The minimum absolute atomic E-state index is 0.586. The number of hydrogen-bond acceptors (Lipinski definition) is 2. The Morgan fingerprint density at radius 2 is 2.13 bits per heavy atom. The highest BCUT2D eigenvalue weighted by Crippen LogP contribution is 2.28. The van der Waals surface area contributed by atoms with E-state index in [1.165, 1.54) is 11.3 Å². The molecular formula is C10H9Cl2N2S+. The molecular weight excluding hydrogens is 251 g/mol. The zero-order chi connectivity index (χ0) is 10.8. The molecule has 0 radical (unpaired) electrons. The number of nitrogens with one attached hydrogen (secondary N) is 1. The smallest absolute Gasteiger partial charge is 0.278 e. The van der Waals surface area contributed by atoms with Crippen molar-refractivity contribution in [2.24, 2.45) is 0 Å². The van der Waals surface area contributed by atoms with Gasteiger partial charge in [-0.25, -0.2) is 4.98 Å². The largest absolute Gasteiger partial charge is 0.329 e. The van der Waals surface area contributed by atoms with E-state index in [1.54, 1.807) is 6.07 Å². The molecule has 0 bridgehead atoms. The molecule has 0 aliphatic heterocycles. The molecule has 2 nitrogen and oxygen atoms in total. The molecule has 0 saturated carbocycles. The standard InChI is InChI=1S/C10H8Cl2N2S/c11-8-3-1-2-6(9(8)12)4-7-5-14-10(13)15-7/h1-3,5H,4H2,(H2,13,14)/p+1. The maximum absolute atomic E-state index is 6.08. The van der Waals surface area contributed by atoms with Crippen LogP contribution in [-0.2, 0) is 6.42 Å². The highest BCUT2D eigenvalue weighted by Gasteiger charge is 2.08. The Balaban J connectivity index is 2.28. The highest BCUT2D eigenvalue weighted by atomic mass is 35.5. The Hall–Kier alpha value is -0.770. The predicted octanol–water partition coefficient (Wildman–Crippen LogP) is 3.04. The van der Waals surface area contributed by atoms with Gasteiger partial charge in [0.2, 0.25) is 0 Å². The minimum Gasteiger partial charge on any atom is -0.278 e. The predicted molar refractivity (Wildman–Crippen MR) is 64.6 cm³/mol. The monoisotopic (exact) mass is 259 g/mol. The van der Waals surface area contributed by atoms with E-state index in [2.05, 4.69) is 4.98 Å². The van der Waals surface area contributed by atoms with Crippen LogP contribution < -0.4 is 10.7 Å². The van der Waals surface area contributed by atoms with Crippen molar-refractivity contribution in [3.8, 4) is 0 Å².